The summed E-state index contributed by atoms with van der Waals surface area (Å²) in [6, 6.07) is 3.53. The molecule has 15 heavy (non-hydrogen) atoms. The lowest BCUT2D eigenvalue weighted by molar-refractivity contribution is -0.123. The molecule has 1 aromatic heterocycles. The topological polar surface area (TPSA) is 63.0 Å². The molecular weight excluding hydrogens is 192 g/mol. The number of rotatable bonds is 4. The molecule has 0 aliphatic heterocycles. The molecule has 0 spiro atoms. The van der Waals surface area contributed by atoms with Crippen LogP contribution in [0.3, 0.4) is 0 Å². The number of nitriles is 1. The van der Waals surface area contributed by atoms with Crippen LogP contribution in [0.5, 0.6) is 5.75 Å². The van der Waals surface area contributed by atoms with Gasteiger partial charge in [-0.05, 0) is 6.07 Å². The van der Waals surface area contributed by atoms with Gasteiger partial charge in [0.25, 0.3) is 0 Å². The molecule has 0 atom stereocenters. The van der Waals surface area contributed by atoms with Crippen molar-refractivity contribution in [2.75, 3.05) is 6.61 Å². The number of nitrogens with zero attached hydrogens (tertiary/aromatic N) is 2. The molecule has 1 aromatic rings. The molecule has 4 heteroatoms. The maximum Gasteiger partial charge on any atom is 0.172 e. The Morgan fingerprint density at radius 1 is 1.67 bits per heavy atom. The normalized spacial score (nSPS) is 9.73. The molecular formula is C11H12N2O2. The van der Waals surface area contributed by atoms with Crippen LogP contribution < -0.4 is 4.74 Å². The molecule has 0 aliphatic carbocycles. The van der Waals surface area contributed by atoms with Crippen LogP contribution in [0.25, 0.3) is 0 Å². The van der Waals surface area contributed by atoms with Gasteiger partial charge in [0.05, 0.1) is 0 Å². The largest absolute Gasteiger partial charge is 0.484 e. The fourth-order valence-corrected chi connectivity index (χ4v) is 0.907. The molecule has 1 rings (SSSR count). The minimum atomic E-state index is -0.0580. The average Bonchev–Trinajstić information content (AvgIpc) is 2.26. The fourth-order valence-electron chi connectivity index (χ4n) is 0.907. The van der Waals surface area contributed by atoms with Crippen LogP contribution in [0, 0.1) is 17.2 Å². The summed E-state index contributed by atoms with van der Waals surface area (Å²) in [6.07, 6.45) is 2.94. The van der Waals surface area contributed by atoms with Crippen LogP contribution in [0.2, 0.25) is 0 Å². The molecule has 0 amide bonds. The molecule has 4 nitrogen and oxygen atoms in total. The first-order valence-electron chi connectivity index (χ1n) is 4.64. The van der Waals surface area contributed by atoms with E-state index in [1.807, 2.05) is 19.9 Å². The van der Waals surface area contributed by atoms with Crippen LogP contribution in [0.1, 0.15) is 19.4 Å². The number of aromatic nitrogens is 1. The van der Waals surface area contributed by atoms with E-state index in [1.54, 1.807) is 6.07 Å². The van der Waals surface area contributed by atoms with Crippen molar-refractivity contribution in [1.82, 2.24) is 4.98 Å². The highest BCUT2D eigenvalue weighted by Crippen LogP contribution is 2.15. The third-order valence-electron chi connectivity index (χ3n) is 1.92. The van der Waals surface area contributed by atoms with Gasteiger partial charge in [0.15, 0.2) is 5.78 Å². The quantitative estimate of drug-likeness (QED) is 0.746. The number of ether oxygens (including phenoxy) is 1. The first kappa shape index (κ1) is 11.2. The predicted molar refractivity (Wildman–Crippen MR) is 54.3 cm³/mol. The van der Waals surface area contributed by atoms with Crippen molar-refractivity contribution in [2.45, 2.75) is 13.8 Å². The lowest BCUT2D eigenvalue weighted by atomic mass is 10.1. The van der Waals surface area contributed by atoms with Gasteiger partial charge in [-0.25, -0.2) is 0 Å². The van der Waals surface area contributed by atoms with Crippen molar-refractivity contribution in [3.8, 4) is 11.8 Å². The van der Waals surface area contributed by atoms with Crippen molar-refractivity contribution >= 4 is 5.78 Å². The summed E-state index contributed by atoms with van der Waals surface area (Å²) in [4.78, 5) is 15.1. The highest BCUT2D eigenvalue weighted by molar-refractivity contribution is 5.81. The van der Waals surface area contributed by atoms with E-state index in [9.17, 15) is 4.79 Å². The van der Waals surface area contributed by atoms with Crippen molar-refractivity contribution in [3.63, 3.8) is 0 Å². The first-order valence-corrected chi connectivity index (χ1v) is 4.64. The Balaban J connectivity index is 2.66. The summed E-state index contributed by atoms with van der Waals surface area (Å²) in [6.45, 7) is 3.61. The number of hydrogen-bond acceptors (Lipinski definition) is 4. The van der Waals surface area contributed by atoms with E-state index < -0.39 is 0 Å². The second-order valence-corrected chi connectivity index (χ2v) is 3.39. The molecule has 1 heterocycles. The van der Waals surface area contributed by atoms with Crippen molar-refractivity contribution in [2.24, 2.45) is 5.92 Å². The molecule has 0 fully saturated rings. The van der Waals surface area contributed by atoms with Gasteiger partial charge in [-0.15, -0.1) is 0 Å². The number of carbonyl (C=O) groups is 1. The van der Waals surface area contributed by atoms with E-state index >= 15 is 0 Å². The Bertz CT molecular complexity index is 394. The Morgan fingerprint density at radius 3 is 3.00 bits per heavy atom. The number of pyridine rings is 1. The molecule has 0 unspecified atom stereocenters. The zero-order chi connectivity index (χ0) is 11.3. The highest BCUT2D eigenvalue weighted by atomic mass is 16.5. The summed E-state index contributed by atoms with van der Waals surface area (Å²) in [5.74, 6) is 0.356. The zero-order valence-corrected chi connectivity index (χ0v) is 8.73. The molecule has 0 radical (unpaired) electrons. The molecule has 0 N–H and O–H groups in total. The van der Waals surface area contributed by atoms with E-state index in [1.165, 1.54) is 12.4 Å². The van der Waals surface area contributed by atoms with Crippen LogP contribution in [0.4, 0.5) is 0 Å². The van der Waals surface area contributed by atoms with Gasteiger partial charge in [0.2, 0.25) is 0 Å². The van der Waals surface area contributed by atoms with Gasteiger partial charge in [0, 0.05) is 18.3 Å². The second-order valence-electron chi connectivity index (χ2n) is 3.39. The number of Topliss-reactive ketones (excluding diaryl/α,β-unsaturated/α-hetero) is 1. The van der Waals surface area contributed by atoms with Crippen molar-refractivity contribution in [1.29, 1.82) is 5.26 Å². The Morgan fingerprint density at radius 2 is 2.40 bits per heavy atom. The fraction of sp³-hybridized carbons (Fsp3) is 0.364. The second kappa shape index (κ2) is 5.11. The monoisotopic (exact) mass is 204 g/mol. The van der Waals surface area contributed by atoms with E-state index in [0.29, 0.717) is 11.3 Å². The van der Waals surface area contributed by atoms with E-state index in [4.69, 9.17) is 10.00 Å². The standard InChI is InChI=1S/C11H12N2O2/c1-8(2)10(14)7-15-11-3-4-13-6-9(11)5-12/h3-4,6,8H,7H2,1-2H3. The molecule has 0 saturated heterocycles. The van der Waals surface area contributed by atoms with Gasteiger partial charge in [-0.1, -0.05) is 13.8 Å². The minimum absolute atomic E-state index is 0.00361. The third-order valence-corrected chi connectivity index (χ3v) is 1.92. The number of carbonyl (C=O) groups excluding carboxylic acids is 1. The lowest BCUT2D eigenvalue weighted by Gasteiger charge is -2.07. The third kappa shape index (κ3) is 3.06. The predicted octanol–water partition coefficient (Wildman–Crippen LogP) is 1.56. The van der Waals surface area contributed by atoms with Crippen LogP contribution in [0.15, 0.2) is 18.5 Å². The Hall–Kier alpha value is -1.89. The van der Waals surface area contributed by atoms with Gasteiger partial charge in [0.1, 0.15) is 24.0 Å². The van der Waals surface area contributed by atoms with Gasteiger partial charge >= 0.3 is 0 Å². The van der Waals surface area contributed by atoms with Gasteiger partial charge < -0.3 is 4.74 Å². The smallest absolute Gasteiger partial charge is 0.172 e. The molecule has 78 valence electrons. The maximum atomic E-state index is 11.3. The van der Waals surface area contributed by atoms with E-state index in [0.717, 1.165) is 0 Å². The minimum Gasteiger partial charge on any atom is -0.484 e. The van der Waals surface area contributed by atoms with Crippen molar-refractivity contribution in [3.05, 3.63) is 24.0 Å². The molecule has 0 aromatic carbocycles. The maximum absolute atomic E-state index is 11.3. The zero-order valence-electron chi connectivity index (χ0n) is 8.73. The molecule has 0 aliphatic rings. The SMILES string of the molecule is CC(C)C(=O)COc1ccncc1C#N. The summed E-state index contributed by atoms with van der Waals surface area (Å²) >= 11 is 0. The first-order chi connectivity index (χ1) is 7.15. The number of ketones is 1. The van der Waals surface area contributed by atoms with Crippen LogP contribution in [-0.4, -0.2) is 17.4 Å². The van der Waals surface area contributed by atoms with Crippen LogP contribution in [-0.2, 0) is 4.79 Å². The molecule has 0 bridgehead atoms. The lowest BCUT2D eigenvalue weighted by Crippen LogP contribution is -2.17. The Labute approximate surface area is 88.5 Å². The summed E-state index contributed by atoms with van der Waals surface area (Å²) in [5.41, 5.74) is 0.342. The number of hydrogen-bond donors (Lipinski definition) is 0. The molecule has 0 saturated carbocycles. The highest BCUT2D eigenvalue weighted by Gasteiger charge is 2.09. The average molecular weight is 204 g/mol. The van der Waals surface area contributed by atoms with Gasteiger partial charge in [-0.3, -0.25) is 9.78 Å². The summed E-state index contributed by atoms with van der Waals surface area (Å²) in [5, 5.41) is 8.74. The van der Waals surface area contributed by atoms with E-state index in [-0.39, 0.29) is 18.3 Å². The van der Waals surface area contributed by atoms with Crippen LogP contribution >= 0.6 is 0 Å². The van der Waals surface area contributed by atoms with E-state index in [2.05, 4.69) is 4.98 Å². The van der Waals surface area contributed by atoms with Gasteiger partial charge in [-0.2, -0.15) is 5.26 Å². The summed E-state index contributed by atoms with van der Waals surface area (Å²) < 4.78 is 5.24. The Kier molecular flexibility index (Phi) is 3.81. The van der Waals surface area contributed by atoms with Crippen molar-refractivity contribution < 1.29 is 9.53 Å². The summed E-state index contributed by atoms with van der Waals surface area (Å²) in [7, 11) is 0.